The molecule has 7 heteroatoms. The van der Waals surface area contributed by atoms with Crippen LogP contribution in [0.2, 0.25) is 0 Å². The highest BCUT2D eigenvalue weighted by Gasteiger charge is 2.34. The minimum absolute atomic E-state index is 0.144. The Morgan fingerprint density at radius 3 is 2.60 bits per heavy atom. The van der Waals surface area contributed by atoms with Gasteiger partial charge in [0.15, 0.2) is 0 Å². The van der Waals surface area contributed by atoms with Crippen molar-refractivity contribution in [2.75, 3.05) is 20.2 Å². The largest absolute Gasteiger partial charge is 0.395 e. The van der Waals surface area contributed by atoms with Gasteiger partial charge in [0.2, 0.25) is 10.0 Å². The van der Waals surface area contributed by atoms with Crippen LogP contribution in [0, 0.1) is 0 Å². The fourth-order valence-corrected chi connectivity index (χ4v) is 4.05. The molecule has 0 saturated carbocycles. The third-order valence-corrected chi connectivity index (χ3v) is 5.45. The Morgan fingerprint density at radius 1 is 1.40 bits per heavy atom. The number of benzene rings is 1. The van der Waals surface area contributed by atoms with E-state index in [1.165, 1.54) is 35.6 Å². The highest BCUT2D eigenvalue weighted by molar-refractivity contribution is 7.89. The molecule has 0 spiro atoms. The van der Waals surface area contributed by atoms with Crippen LogP contribution in [0.3, 0.4) is 0 Å². The minimum atomic E-state index is -3.61. The highest BCUT2D eigenvalue weighted by atomic mass is 32.2. The molecule has 2 N–H and O–H groups in total. The van der Waals surface area contributed by atoms with Crippen molar-refractivity contribution in [3.8, 4) is 0 Å². The van der Waals surface area contributed by atoms with Gasteiger partial charge in [0.25, 0.3) is 5.91 Å². The first-order chi connectivity index (χ1) is 9.50. The maximum Gasteiger partial charge on any atom is 0.251 e. The molecule has 20 heavy (non-hydrogen) atoms. The fraction of sp³-hybridized carbons (Fsp3) is 0.462. The number of carbonyl (C=O) groups is 1. The molecule has 1 aliphatic heterocycles. The monoisotopic (exact) mass is 298 g/mol. The van der Waals surface area contributed by atoms with Gasteiger partial charge in [0, 0.05) is 25.2 Å². The van der Waals surface area contributed by atoms with Gasteiger partial charge in [-0.15, -0.1) is 0 Å². The summed E-state index contributed by atoms with van der Waals surface area (Å²) in [6.45, 7) is 0.250. The average Bonchev–Trinajstić information content (AvgIpc) is 2.95. The SMILES string of the molecule is CNC(=O)c1ccc(S(=O)(=O)N2CCCC2CO)cc1. The molecular weight excluding hydrogens is 280 g/mol. The Kier molecular flexibility index (Phi) is 4.42. The van der Waals surface area contributed by atoms with Gasteiger partial charge in [-0.25, -0.2) is 8.42 Å². The number of nitrogens with zero attached hydrogens (tertiary/aromatic N) is 1. The van der Waals surface area contributed by atoms with Crippen LogP contribution in [-0.4, -0.2) is 50.0 Å². The number of aliphatic hydroxyl groups is 1. The summed E-state index contributed by atoms with van der Waals surface area (Å²) >= 11 is 0. The molecule has 1 aromatic carbocycles. The molecule has 0 aromatic heterocycles. The summed E-state index contributed by atoms with van der Waals surface area (Å²) < 4.78 is 26.3. The van der Waals surface area contributed by atoms with Crippen LogP contribution in [0.5, 0.6) is 0 Å². The molecule has 0 bridgehead atoms. The Balaban J connectivity index is 2.28. The zero-order valence-electron chi connectivity index (χ0n) is 11.2. The van der Waals surface area contributed by atoms with Gasteiger partial charge >= 0.3 is 0 Å². The maximum absolute atomic E-state index is 12.5. The van der Waals surface area contributed by atoms with Crippen LogP contribution in [0.15, 0.2) is 29.2 Å². The van der Waals surface area contributed by atoms with E-state index in [1.807, 2.05) is 0 Å². The number of amides is 1. The summed E-state index contributed by atoms with van der Waals surface area (Å²) in [6.07, 6.45) is 1.42. The first-order valence-electron chi connectivity index (χ1n) is 6.45. The van der Waals surface area contributed by atoms with E-state index in [-0.39, 0.29) is 23.5 Å². The van der Waals surface area contributed by atoms with E-state index in [9.17, 15) is 18.3 Å². The predicted molar refractivity (Wildman–Crippen MR) is 73.8 cm³/mol. The Hall–Kier alpha value is -1.44. The minimum Gasteiger partial charge on any atom is -0.395 e. The van der Waals surface area contributed by atoms with Crippen molar-refractivity contribution in [3.05, 3.63) is 29.8 Å². The van der Waals surface area contributed by atoms with Crippen LogP contribution >= 0.6 is 0 Å². The molecule has 1 saturated heterocycles. The van der Waals surface area contributed by atoms with E-state index in [0.717, 1.165) is 6.42 Å². The lowest BCUT2D eigenvalue weighted by Gasteiger charge is -2.22. The summed E-state index contributed by atoms with van der Waals surface area (Å²) in [5, 5.41) is 11.7. The number of carbonyl (C=O) groups excluding carboxylic acids is 1. The number of nitrogens with one attached hydrogen (secondary N) is 1. The second kappa shape index (κ2) is 5.90. The second-order valence-electron chi connectivity index (χ2n) is 4.70. The van der Waals surface area contributed by atoms with Crippen molar-refractivity contribution in [3.63, 3.8) is 0 Å². The highest BCUT2D eigenvalue weighted by Crippen LogP contribution is 2.25. The van der Waals surface area contributed by atoms with Gasteiger partial charge in [-0.1, -0.05) is 0 Å². The summed E-state index contributed by atoms with van der Waals surface area (Å²) in [4.78, 5) is 11.6. The zero-order valence-corrected chi connectivity index (χ0v) is 12.1. The van der Waals surface area contributed by atoms with Gasteiger partial charge in [-0.05, 0) is 37.1 Å². The lowest BCUT2D eigenvalue weighted by Crippen LogP contribution is -2.37. The first kappa shape index (κ1) is 15.0. The van der Waals surface area contributed by atoms with Crippen LogP contribution in [-0.2, 0) is 10.0 Å². The molecule has 1 aromatic rings. The number of hydrogen-bond acceptors (Lipinski definition) is 4. The summed E-state index contributed by atoms with van der Waals surface area (Å²) in [7, 11) is -2.09. The molecule has 0 radical (unpaired) electrons. The lowest BCUT2D eigenvalue weighted by atomic mass is 10.2. The quantitative estimate of drug-likeness (QED) is 0.831. The van der Waals surface area contributed by atoms with Crippen LogP contribution in [0.4, 0.5) is 0 Å². The molecule has 1 aliphatic rings. The molecule has 1 heterocycles. The molecule has 1 unspecified atom stereocenters. The molecular formula is C13H18N2O4S. The van der Waals surface area contributed by atoms with Gasteiger partial charge in [-0.2, -0.15) is 4.31 Å². The number of sulfonamides is 1. The third kappa shape index (κ3) is 2.70. The van der Waals surface area contributed by atoms with Crippen molar-refractivity contribution in [1.82, 2.24) is 9.62 Å². The molecule has 1 amide bonds. The smallest absolute Gasteiger partial charge is 0.251 e. The third-order valence-electron chi connectivity index (χ3n) is 3.48. The Morgan fingerprint density at radius 2 is 2.05 bits per heavy atom. The van der Waals surface area contributed by atoms with Crippen molar-refractivity contribution in [1.29, 1.82) is 0 Å². The predicted octanol–water partition coefficient (Wildman–Crippen LogP) is 0.192. The van der Waals surface area contributed by atoms with Gasteiger partial charge in [0.1, 0.15) is 0 Å². The maximum atomic E-state index is 12.5. The van der Waals surface area contributed by atoms with Crippen molar-refractivity contribution >= 4 is 15.9 Å². The van der Waals surface area contributed by atoms with E-state index in [2.05, 4.69) is 5.32 Å². The van der Waals surface area contributed by atoms with E-state index in [1.54, 1.807) is 0 Å². The van der Waals surface area contributed by atoms with Crippen LogP contribution in [0.25, 0.3) is 0 Å². The van der Waals surface area contributed by atoms with Gasteiger partial charge < -0.3 is 10.4 Å². The van der Waals surface area contributed by atoms with E-state index < -0.39 is 10.0 Å². The zero-order chi connectivity index (χ0) is 14.8. The number of hydrogen-bond donors (Lipinski definition) is 2. The van der Waals surface area contributed by atoms with Crippen LogP contribution in [0.1, 0.15) is 23.2 Å². The molecule has 6 nitrogen and oxygen atoms in total. The topological polar surface area (TPSA) is 86.7 Å². The standard InChI is InChI=1S/C13H18N2O4S/c1-14-13(17)10-4-6-12(7-5-10)20(18,19)15-8-2-3-11(15)9-16/h4-7,11,16H,2-3,8-9H2,1H3,(H,14,17). The van der Waals surface area contributed by atoms with Crippen molar-refractivity contribution in [2.24, 2.45) is 0 Å². The molecule has 2 rings (SSSR count). The lowest BCUT2D eigenvalue weighted by molar-refractivity contribution is 0.0963. The van der Waals surface area contributed by atoms with E-state index in [0.29, 0.717) is 18.5 Å². The number of aliphatic hydroxyl groups excluding tert-OH is 1. The Labute approximate surface area is 118 Å². The van der Waals surface area contributed by atoms with Crippen molar-refractivity contribution < 1.29 is 18.3 Å². The average molecular weight is 298 g/mol. The second-order valence-corrected chi connectivity index (χ2v) is 6.59. The first-order valence-corrected chi connectivity index (χ1v) is 7.89. The van der Waals surface area contributed by atoms with E-state index >= 15 is 0 Å². The molecule has 1 fully saturated rings. The number of rotatable bonds is 4. The van der Waals surface area contributed by atoms with Gasteiger partial charge in [0.05, 0.1) is 11.5 Å². The summed E-state index contributed by atoms with van der Waals surface area (Å²) in [6, 6.07) is 5.46. The normalized spacial score (nSPS) is 20.0. The Bertz CT molecular complexity index is 583. The fourth-order valence-electron chi connectivity index (χ4n) is 2.37. The van der Waals surface area contributed by atoms with Gasteiger partial charge in [-0.3, -0.25) is 4.79 Å². The molecule has 110 valence electrons. The van der Waals surface area contributed by atoms with E-state index in [4.69, 9.17) is 0 Å². The van der Waals surface area contributed by atoms with Crippen LogP contribution < -0.4 is 5.32 Å². The molecule has 0 aliphatic carbocycles. The molecule has 1 atom stereocenters. The summed E-state index contributed by atoms with van der Waals surface area (Å²) in [5.74, 6) is -0.261. The summed E-state index contributed by atoms with van der Waals surface area (Å²) in [5.41, 5.74) is 0.409. The van der Waals surface area contributed by atoms with Crippen molar-refractivity contribution in [2.45, 2.75) is 23.8 Å².